The number of amides is 1. The first-order chi connectivity index (χ1) is 13.7. The Morgan fingerprint density at radius 2 is 1.75 bits per heavy atom. The Bertz CT molecular complexity index is 866. The fraction of sp³-hybridized carbons (Fsp3) is 0.409. The predicted molar refractivity (Wildman–Crippen MR) is 105 cm³/mol. The largest absolute Gasteiger partial charge is 0.493 e. The van der Waals surface area contributed by atoms with Gasteiger partial charge in [0.1, 0.15) is 0 Å². The van der Waals surface area contributed by atoms with E-state index in [9.17, 15) is 4.79 Å². The normalized spacial score (nSPS) is 20.5. The molecule has 4 rings (SSSR count). The van der Waals surface area contributed by atoms with Crippen LogP contribution < -0.4 is 24.3 Å². The van der Waals surface area contributed by atoms with Gasteiger partial charge in [0.15, 0.2) is 23.0 Å². The van der Waals surface area contributed by atoms with Crippen LogP contribution in [0.5, 0.6) is 23.0 Å². The van der Waals surface area contributed by atoms with E-state index in [1.165, 1.54) is 0 Å². The molecule has 1 heterocycles. The zero-order valence-electron chi connectivity index (χ0n) is 16.2. The Labute approximate surface area is 164 Å². The summed E-state index contributed by atoms with van der Waals surface area (Å²) in [6.07, 6.45) is 4.24. The molecule has 0 radical (unpaired) electrons. The molecule has 1 N–H and O–H groups in total. The summed E-state index contributed by atoms with van der Waals surface area (Å²) in [6, 6.07) is 11.4. The number of hydrogen-bond acceptors (Lipinski definition) is 5. The van der Waals surface area contributed by atoms with Crippen LogP contribution >= 0.6 is 0 Å². The summed E-state index contributed by atoms with van der Waals surface area (Å²) in [5, 5.41) is 3.23. The van der Waals surface area contributed by atoms with E-state index < -0.39 is 0 Å². The molecule has 2 aromatic carbocycles. The first-order valence-electron chi connectivity index (χ1n) is 9.62. The minimum Gasteiger partial charge on any atom is -0.493 e. The van der Waals surface area contributed by atoms with Crippen molar-refractivity contribution in [2.24, 2.45) is 0 Å². The van der Waals surface area contributed by atoms with Crippen molar-refractivity contribution in [1.82, 2.24) is 5.32 Å². The average Bonchev–Trinajstić information content (AvgIpc) is 3.21. The fourth-order valence-electron chi connectivity index (χ4n) is 4.08. The summed E-state index contributed by atoms with van der Waals surface area (Å²) in [5.74, 6) is 2.88. The van der Waals surface area contributed by atoms with Gasteiger partial charge in [0.25, 0.3) is 5.91 Å². The van der Waals surface area contributed by atoms with E-state index >= 15 is 0 Å². The lowest BCUT2D eigenvalue weighted by atomic mass is 9.79. The molecule has 2 unspecified atom stereocenters. The lowest BCUT2D eigenvalue weighted by Crippen LogP contribution is -2.41. The van der Waals surface area contributed by atoms with Crippen molar-refractivity contribution < 1.29 is 23.7 Å². The second-order valence-corrected chi connectivity index (χ2v) is 7.15. The van der Waals surface area contributed by atoms with Gasteiger partial charge in [-0.1, -0.05) is 18.9 Å². The topological polar surface area (TPSA) is 66.0 Å². The minimum atomic E-state index is -0.0873. The van der Waals surface area contributed by atoms with Gasteiger partial charge in [0.05, 0.1) is 14.2 Å². The molecule has 1 fully saturated rings. The van der Waals surface area contributed by atoms with Crippen LogP contribution in [0.4, 0.5) is 0 Å². The molecule has 28 heavy (non-hydrogen) atoms. The second kappa shape index (κ2) is 8.00. The van der Waals surface area contributed by atoms with Gasteiger partial charge >= 0.3 is 0 Å². The Morgan fingerprint density at radius 1 is 0.964 bits per heavy atom. The number of nitrogens with one attached hydrogen (secondary N) is 1. The molecule has 148 valence electrons. The van der Waals surface area contributed by atoms with Gasteiger partial charge in [-0.3, -0.25) is 4.79 Å². The Kier molecular flexibility index (Phi) is 5.28. The van der Waals surface area contributed by atoms with E-state index in [-0.39, 0.29) is 24.7 Å². The molecule has 1 amide bonds. The lowest BCUT2D eigenvalue weighted by molar-refractivity contribution is 0.0920. The molecule has 0 aromatic heterocycles. The fourth-order valence-corrected chi connectivity index (χ4v) is 4.08. The molecule has 1 aliphatic carbocycles. The van der Waals surface area contributed by atoms with Crippen LogP contribution in [0.25, 0.3) is 0 Å². The van der Waals surface area contributed by atoms with Gasteiger partial charge < -0.3 is 24.3 Å². The van der Waals surface area contributed by atoms with Crippen molar-refractivity contribution in [2.75, 3.05) is 21.0 Å². The van der Waals surface area contributed by atoms with Crippen molar-refractivity contribution in [2.45, 2.75) is 37.6 Å². The Hall–Kier alpha value is -2.89. The van der Waals surface area contributed by atoms with Gasteiger partial charge in [-0.2, -0.15) is 0 Å². The number of carbonyl (C=O) groups excluding carboxylic acids is 1. The maximum absolute atomic E-state index is 12.9. The first-order valence-corrected chi connectivity index (χ1v) is 9.62. The summed E-state index contributed by atoms with van der Waals surface area (Å²) >= 11 is 0. The van der Waals surface area contributed by atoms with Crippen molar-refractivity contribution in [3.63, 3.8) is 0 Å². The number of carbonyl (C=O) groups is 1. The predicted octanol–water partition coefficient (Wildman–Crippen LogP) is 3.89. The SMILES string of the molecule is COc1ccc(C2CCCCC2NC(=O)c2ccc3c(c2)OCO3)cc1OC. The van der Waals surface area contributed by atoms with E-state index in [4.69, 9.17) is 18.9 Å². The molecule has 2 aliphatic rings. The van der Waals surface area contributed by atoms with E-state index in [1.54, 1.807) is 32.4 Å². The van der Waals surface area contributed by atoms with Crippen molar-refractivity contribution in [3.8, 4) is 23.0 Å². The maximum atomic E-state index is 12.9. The highest BCUT2D eigenvalue weighted by Gasteiger charge is 2.29. The smallest absolute Gasteiger partial charge is 0.251 e. The van der Waals surface area contributed by atoms with Gasteiger partial charge in [0.2, 0.25) is 6.79 Å². The standard InChI is InChI=1S/C22H25NO5/c1-25-18-9-7-14(11-20(18)26-2)16-5-3-4-6-17(16)23-22(24)15-8-10-19-21(12-15)28-13-27-19/h7-12,16-17H,3-6,13H2,1-2H3,(H,23,24). The molecule has 0 spiro atoms. The number of ether oxygens (including phenoxy) is 4. The summed E-state index contributed by atoms with van der Waals surface area (Å²) in [4.78, 5) is 12.9. The highest BCUT2D eigenvalue weighted by molar-refractivity contribution is 5.95. The van der Waals surface area contributed by atoms with Gasteiger partial charge in [-0.15, -0.1) is 0 Å². The quantitative estimate of drug-likeness (QED) is 0.849. The van der Waals surface area contributed by atoms with Crippen molar-refractivity contribution >= 4 is 5.91 Å². The molecule has 0 bridgehead atoms. The molecule has 2 atom stereocenters. The van der Waals surface area contributed by atoms with Crippen LogP contribution in [0.3, 0.4) is 0 Å². The Balaban J connectivity index is 1.53. The van der Waals surface area contributed by atoms with Crippen LogP contribution in [-0.4, -0.2) is 33.0 Å². The number of methoxy groups -OCH3 is 2. The van der Waals surface area contributed by atoms with E-state index in [0.717, 1.165) is 31.2 Å². The third-order valence-electron chi connectivity index (χ3n) is 5.55. The first kappa shape index (κ1) is 18.5. The highest BCUT2D eigenvalue weighted by Crippen LogP contribution is 2.38. The lowest BCUT2D eigenvalue weighted by Gasteiger charge is -2.33. The molecule has 6 heteroatoms. The minimum absolute atomic E-state index is 0.0739. The average molecular weight is 383 g/mol. The van der Waals surface area contributed by atoms with E-state index in [2.05, 4.69) is 11.4 Å². The molecular weight excluding hydrogens is 358 g/mol. The van der Waals surface area contributed by atoms with Gasteiger partial charge in [-0.25, -0.2) is 0 Å². The van der Waals surface area contributed by atoms with Gasteiger partial charge in [0, 0.05) is 17.5 Å². The molecule has 0 saturated heterocycles. The number of rotatable bonds is 5. The van der Waals surface area contributed by atoms with Crippen LogP contribution in [0.2, 0.25) is 0 Å². The molecule has 1 aliphatic heterocycles. The molecule has 2 aromatic rings. The van der Waals surface area contributed by atoms with Crippen LogP contribution in [0.15, 0.2) is 36.4 Å². The van der Waals surface area contributed by atoms with Crippen LogP contribution in [-0.2, 0) is 0 Å². The summed E-state index contributed by atoms with van der Waals surface area (Å²) < 4.78 is 21.5. The summed E-state index contributed by atoms with van der Waals surface area (Å²) in [6.45, 7) is 0.199. The zero-order chi connectivity index (χ0) is 19.5. The summed E-state index contributed by atoms with van der Waals surface area (Å²) in [5.41, 5.74) is 1.74. The monoisotopic (exact) mass is 383 g/mol. The van der Waals surface area contributed by atoms with Crippen LogP contribution in [0, 0.1) is 0 Å². The van der Waals surface area contributed by atoms with Crippen molar-refractivity contribution in [3.05, 3.63) is 47.5 Å². The molecular formula is C22H25NO5. The van der Waals surface area contributed by atoms with E-state index in [1.807, 2.05) is 12.1 Å². The third-order valence-corrected chi connectivity index (χ3v) is 5.55. The number of fused-ring (bicyclic) bond motifs is 1. The second-order valence-electron chi connectivity index (χ2n) is 7.15. The third kappa shape index (κ3) is 3.59. The highest BCUT2D eigenvalue weighted by atomic mass is 16.7. The summed E-state index contributed by atoms with van der Waals surface area (Å²) in [7, 11) is 3.27. The zero-order valence-corrected chi connectivity index (χ0v) is 16.2. The van der Waals surface area contributed by atoms with Gasteiger partial charge in [-0.05, 0) is 48.7 Å². The number of hydrogen-bond donors (Lipinski definition) is 1. The maximum Gasteiger partial charge on any atom is 0.251 e. The Morgan fingerprint density at radius 3 is 2.57 bits per heavy atom. The van der Waals surface area contributed by atoms with E-state index in [0.29, 0.717) is 28.6 Å². The molecule has 6 nitrogen and oxygen atoms in total. The molecule has 1 saturated carbocycles. The van der Waals surface area contributed by atoms with Crippen molar-refractivity contribution in [1.29, 1.82) is 0 Å². The number of benzene rings is 2. The van der Waals surface area contributed by atoms with Crippen LogP contribution in [0.1, 0.15) is 47.5 Å².